The van der Waals surface area contributed by atoms with Gasteiger partial charge >= 0.3 is 0 Å². The summed E-state index contributed by atoms with van der Waals surface area (Å²) in [6.45, 7) is 6.52. The van der Waals surface area contributed by atoms with Crippen molar-refractivity contribution in [1.82, 2.24) is 9.88 Å². The Morgan fingerprint density at radius 1 is 1.25 bits per heavy atom. The number of aromatic nitrogens is 1. The Balaban J connectivity index is 2.02. The van der Waals surface area contributed by atoms with Crippen molar-refractivity contribution in [3.63, 3.8) is 0 Å². The minimum atomic E-state index is 0.497. The van der Waals surface area contributed by atoms with E-state index in [4.69, 9.17) is 0 Å². The summed E-state index contributed by atoms with van der Waals surface area (Å²) in [6, 6.07) is 7.06. The molecule has 0 bridgehead atoms. The molecule has 0 aliphatic carbocycles. The van der Waals surface area contributed by atoms with Crippen LogP contribution in [0.2, 0.25) is 0 Å². The first-order chi connectivity index (χ1) is 9.72. The number of hydrogen-bond acceptors (Lipinski definition) is 2. The van der Waals surface area contributed by atoms with Crippen LogP contribution in [0.3, 0.4) is 0 Å². The Kier molecular flexibility index (Phi) is 6.33. The van der Waals surface area contributed by atoms with Crippen molar-refractivity contribution in [3.8, 4) is 0 Å². The fourth-order valence-corrected chi connectivity index (χ4v) is 3.87. The number of nitrogens with zero attached hydrogens (tertiary/aromatic N) is 1. The lowest BCUT2D eigenvalue weighted by Crippen LogP contribution is -2.21. The molecule has 0 saturated heterocycles. The van der Waals surface area contributed by atoms with Gasteiger partial charge in [-0.15, -0.1) is 11.3 Å². The van der Waals surface area contributed by atoms with Gasteiger partial charge in [0.15, 0.2) is 0 Å². The van der Waals surface area contributed by atoms with E-state index in [9.17, 15) is 0 Å². The first-order valence-electron chi connectivity index (χ1n) is 7.36. The van der Waals surface area contributed by atoms with Crippen molar-refractivity contribution in [3.05, 3.63) is 44.8 Å². The maximum atomic E-state index is 3.65. The molecule has 2 aromatic rings. The Morgan fingerprint density at radius 2 is 2.10 bits per heavy atom. The van der Waals surface area contributed by atoms with Crippen molar-refractivity contribution in [1.29, 1.82) is 0 Å². The topological polar surface area (TPSA) is 17.0 Å². The zero-order valence-electron chi connectivity index (χ0n) is 12.2. The quantitative estimate of drug-likeness (QED) is 0.689. The molecule has 0 aliphatic rings. The molecule has 0 radical (unpaired) electrons. The van der Waals surface area contributed by atoms with E-state index < -0.39 is 0 Å². The third-order valence-electron chi connectivity index (χ3n) is 3.36. The summed E-state index contributed by atoms with van der Waals surface area (Å²) >= 11 is 5.33. The molecule has 0 spiro atoms. The first-order valence-corrected chi connectivity index (χ1v) is 8.97. The molecule has 0 fully saturated rings. The van der Waals surface area contributed by atoms with Gasteiger partial charge in [-0.05, 0) is 59.1 Å². The van der Waals surface area contributed by atoms with Gasteiger partial charge < -0.3 is 9.88 Å². The lowest BCUT2D eigenvalue weighted by Gasteiger charge is -2.16. The van der Waals surface area contributed by atoms with Gasteiger partial charge in [0.1, 0.15) is 0 Å². The molecular weight excluding hydrogens is 332 g/mol. The summed E-state index contributed by atoms with van der Waals surface area (Å²) < 4.78 is 3.48. The van der Waals surface area contributed by atoms with Crippen molar-refractivity contribution < 1.29 is 0 Å². The fourth-order valence-electron chi connectivity index (χ4n) is 2.37. The van der Waals surface area contributed by atoms with Crippen LogP contribution < -0.4 is 5.32 Å². The van der Waals surface area contributed by atoms with Gasteiger partial charge in [0.2, 0.25) is 0 Å². The zero-order valence-corrected chi connectivity index (χ0v) is 14.6. The second-order valence-electron chi connectivity index (χ2n) is 5.12. The van der Waals surface area contributed by atoms with Crippen molar-refractivity contribution in [2.24, 2.45) is 0 Å². The predicted molar refractivity (Wildman–Crippen MR) is 91.5 cm³/mol. The van der Waals surface area contributed by atoms with E-state index in [1.165, 1.54) is 33.5 Å². The van der Waals surface area contributed by atoms with Gasteiger partial charge in [-0.3, -0.25) is 0 Å². The van der Waals surface area contributed by atoms with Crippen LogP contribution in [0.5, 0.6) is 0 Å². The summed E-state index contributed by atoms with van der Waals surface area (Å²) in [7, 11) is 0. The standard InChI is InChI=1S/C16H23BrN2S/c1-3-5-15(18-9-4-2)13-8-10-19(11-13)12-14-6-7-16(17)20-14/h6-8,10-11,15,18H,3-5,9,12H2,1-2H3. The summed E-state index contributed by atoms with van der Waals surface area (Å²) in [5, 5.41) is 3.65. The number of halogens is 1. The second-order valence-corrected chi connectivity index (χ2v) is 7.67. The molecule has 2 heterocycles. The van der Waals surface area contributed by atoms with Crippen LogP contribution in [-0.2, 0) is 6.54 Å². The van der Waals surface area contributed by atoms with E-state index in [2.05, 4.69) is 70.3 Å². The summed E-state index contributed by atoms with van der Waals surface area (Å²) in [5.41, 5.74) is 1.41. The Morgan fingerprint density at radius 3 is 2.75 bits per heavy atom. The molecule has 0 amide bonds. The van der Waals surface area contributed by atoms with Crippen molar-refractivity contribution in [2.45, 2.75) is 45.7 Å². The average Bonchev–Trinajstić information content (AvgIpc) is 3.04. The lowest BCUT2D eigenvalue weighted by atomic mass is 10.1. The predicted octanol–water partition coefficient (Wildman–Crippen LogP) is 5.20. The van der Waals surface area contributed by atoms with Crippen molar-refractivity contribution >= 4 is 27.3 Å². The number of thiophene rings is 1. The maximum absolute atomic E-state index is 3.65. The van der Waals surface area contributed by atoms with E-state index in [-0.39, 0.29) is 0 Å². The smallest absolute Gasteiger partial charge is 0.0702 e. The number of rotatable bonds is 8. The summed E-state index contributed by atoms with van der Waals surface area (Å²) in [4.78, 5) is 1.38. The molecule has 1 atom stereocenters. The van der Waals surface area contributed by atoms with Gasteiger partial charge in [0, 0.05) is 23.3 Å². The van der Waals surface area contributed by atoms with Gasteiger partial charge in [-0.2, -0.15) is 0 Å². The third kappa shape index (κ3) is 4.47. The van der Waals surface area contributed by atoms with Crippen LogP contribution in [0.15, 0.2) is 34.4 Å². The van der Waals surface area contributed by atoms with Crippen LogP contribution >= 0.6 is 27.3 Å². The molecule has 0 saturated carbocycles. The summed E-state index contributed by atoms with van der Waals surface area (Å²) in [5.74, 6) is 0. The second kappa shape index (κ2) is 8.01. The molecule has 1 unspecified atom stereocenters. The van der Waals surface area contributed by atoms with Crippen LogP contribution in [0.25, 0.3) is 0 Å². The molecule has 2 nitrogen and oxygen atoms in total. The number of nitrogens with one attached hydrogen (secondary N) is 1. The average molecular weight is 355 g/mol. The highest BCUT2D eigenvalue weighted by molar-refractivity contribution is 9.11. The Labute approximate surface area is 134 Å². The van der Waals surface area contributed by atoms with E-state index in [0.29, 0.717) is 6.04 Å². The van der Waals surface area contributed by atoms with E-state index >= 15 is 0 Å². The van der Waals surface area contributed by atoms with Gasteiger partial charge in [-0.1, -0.05) is 20.3 Å². The molecule has 1 N–H and O–H groups in total. The highest BCUT2D eigenvalue weighted by Gasteiger charge is 2.11. The van der Waals surface area contributed by atoms with Gasteiger partial charge in [-0.25, -0.2) is 0 Å². The lowest BCUT2D eigenvalue weighted by molar-refractivity contribution is 0.493. The highest BCUT2D eigenvalue weighted by Crippen LogP contribution is 2.24. The normalized spacial score (nSPS) is 12.8. The molecule has 0 aromatic carbocycles. The Bertz CT molecular complexity index is 518. The first kappa shape index (κ1) is 15.8. The molecule has 2 rings (SSSR count). The maximum Gasteiger partial charge on any atom is 0.0702 e. The minimum absolute atomic E-state index is 0.497. The molecule has 110 valence electrons. The number of hydrogen-bond donors (Lipinski definition) is 1. The highest BCUT2D eigenvalue weighted by atomic mass is 79.9. The fraction of sp³-hybridized carbons (Fsp3) is 0.500. The van der Waals surface area contributed by atoms with Gasteiger partial charge in [0.25, 0.3) is 0 Å². The zero-order chi connectivity index (χ0) is 14.4. The molecular formula is C16H23BrN2S. The van der Waals surface area contributed by atoms with Gasteiger partial charge in [0.05, 0.1) is 10.3 Å². The van der Waals surface area contributed by atoms with Crippen LogP contribution in [-0.4, -0.2) is 11.1 Å². The Hall–Kier alpha value is -0.580. The van der Waals surface area contributed by atoms with Crippen LogP contribution in [0, 0.1) is 0 Å². The van der Waals surface area contributed by atoms with Crippen LogP contribution in [0.1, 0.15) is 49.6 Å². The molecule has 2 aromatic heterocycles. The SMILES string of the molecule is CCCNC(CCC)c1ccn(Cc2ccc(Br)s2)c1. The van der Waals surface area contributed by atoms with Crippen molar-refractivity contribution in [2.75, 3.05) is 6.54 Å². The molecule has 20 heavy (non-hydrogen) atoms. The monoisotopic (exact) mass is 354 g/mol. The third-order valence-corrected chi connectivity index (χ3v) is 4.97. The van der Waals surface area contributed by atoms with Crippen LogP contribution in [0.4, 0.5) is 0 Å². The molecule has 4 heteroatoms. The van der Waals surface area contributed by atoms with E-state index in [1.54, 1.807) is 11.3 Å². The minimum Gasteiger partial charge on any atom is -0.349 e. The summed E-state index contributed by atoms with van der Waals surface area (Å²) in [6.07, 6.45) is 8.08. The van der Waals surface area contributed by atoms with E-state index in [1.807, 2.05) is 0 Å². The largest absolute Gasteiger partial charge is 0.349 e. The molecule has 0 aliphatic heterocycles. The van der Waals surface area contributed by atoms with E-state index in [0.717, 1.165) is 13.1 Å².